The van der Waals surface area contributed by atoms with E-state index < -0.39 is 6.17 Å². The van der Waals surface area contributed by atoms with Gasteiger partial charge in [0.05, 0.1) is 6.61 Å². The molecule has 12 heavy (non-hydrogen) atoms. The fourth-order valence-corrected chi connectivity index (χ4v) is 2.76. The van der Waals surface area contributed by atoms with Crippen molar-refractivity contribution in [3.8, 4) is 0 Å². The lowest BCUT2D eigenvalue weighted by Gasteiger charge is -2.31. The van der Waals surface area contributed by atoms with Crippen molar-refractivity contribution in [2.75, 3.05) is 13.2 Å². The lowest BCUT2D eigenvalue weighted by atomic mass is 9.95. The van der Waals surface area contributed by atoms with Crippen molar-refractivity contribution < 1.29 is 9.50 Å². The van der Waals surface area contributed by atoms with E-state index >= 15 is 0 Å². The Labute approximate surface area is 72.4 Å². The third-order valence-corrected chi connectivity index (χ3v) is 3.46. The Morgan fingerprint density at radius 2 is 2.42 bits per heavy atom. The normalized spacial score (nSPS) is 48.2. The van der Waals surface area contributed by atoms with Crippen molar-refractivity contribution >= 4 is 0 Å². The van der Waals surface area contributed by atoms with Crippen LogP contribution in [0.1, 0.15) is 26.2 Å². The predicted octanol–water partition coefficient (Wildman–Crippen LogP) is 0.944. The lowest BCUT2D eigenvalue weighted by molar-refractivity contribution is 0.0818. The Morgan fingerprint density at radius 1 is 1.67 bits per heavy atom. The van der Waals surface area contributed by atoms with E-state index in [1.54, 1.807) is 0 Å². The number of hydrogen-bond donors (Lipinski definition) is 1. The van der Waals surface area contributed by atoms with Gasteiger partial charge in [-0.3, -0.25) is 4.90 Å². The SMILES string of the molecule is CC1CC[C@@]2(CO)C[C@@H](F)CN12. The van der Waals surface area contributed by atoms with Crippen molar-refractivity contribution in [1.82, 2.24) is 4.90 Å². The maximum absolute atomic E-state index is 13.1. The van der Waals surface area contributed by atoms with Crippen LogP contribution in [0.25, 0.3) is 0 Å². The highest BCUT2D eigenvalue weighted by molar-refractivity contribution is 5.05. The van der Waals surface area contributed by atoms with Crippen LogP contribution in [-0.4, -0.2) is 40.9 Å². The molecule has 2 aliphatic rings. The minimum absolute atomic E-state index is 0.123. The molecule has 2 fully saturated rings. The maximum Gasteiger partial charge on any atom is 0.115 e. The summed E-state index contributed by atoms with van der Waals surface area (Å²) in [6.45, 7) is 2.77. The molecule has 3 atom stereocenters. The minimum Gasteiger partial charge on any atom is -0.394 e. The first-order valence-corrected chi connectivity index (χ1v) is 4.70. The van der Waals surface area contributed by atoms with Crippen molar-refractivity contribution in [3.05, 3.63) is 0 Å². The summed E-state index contributed by atoms with van der Waals surface area (Å²) in [4.78, 5) is 2.15. The number of rotatable bonds is 1. The van der Waals surface area contributed by atoms with Gasteiger partial charge < -0.3 is 5.11 Å². The molecule has 2 rings (SSSR count). The summed E-state index contributed by atoms with van der Waals surface area (Å²) in [5, 5.41) is 9.25. The zero-order chi connectivity index (χ0) is 8.77. The quantitative estimate of drug-likeness (QED) is 0.638. The maximum atomic E-state index is 13.1. The van der Waals surface area contributed by atoms with E-state index in [4.69, 9.17) is 0 Å². The molecule has 0 aromatic heterocycles. The molecule has 3 heteroatoms. The van der Waals surface area contributed by atoms with Crippen molar-refractivity contribution in [3.63, 3.8) is 0 Å². The molecule has 2 nitrogen and oxygen atoms in total. The van der Waals surface area contributed by atoms with Crippen LogP contribution in [-0.2, 0) is 0 Å². The Bertz CT molecular complexity index is 187. The summed E-state index contributed by atoms with van der Waals surface area (Å²) >= 11 is 0. The van der Waals surface area contributed by atoms with Gasteiger partial charge in [-0.1, -0.05) is 0 Å². The third kappa shape index (κ3) is 0.995. The standard InChI is InChI=1S/C9H16FNO/c1-7-2-3-9(6-12)4-8(10)5-11(7)9/h7-8,12H,2-6H2,1H3/t7?,8-,9+/m1/s1. The highest BCUT2D eigenvalue weighted by Gasteiger charge is 2.50. The predicted molar refractivity (Wildman–Crippen MR) is 44.7 cm³/mol. The number of alkyl halides is 1. The van der Waals surface area contributed by atoms with Gasteiger partial charge in [0.1, 0.15) is 6.17 Å². The van der Waals surface area contributed by atoms with Gasteiger partial charge in [0.25, 0.3) is 0 Å². The molecule has 0 amide bonds. The molecule has 0 saturated carbocycles. The summed E-state index contributed by atoms with van der Waals surface area (Å²) in [5.41, 5.74) is -0.196. The van der Waals surface area contributed by atoms with Crippen LogP contribution in [0, 0.1) is 0 Å². The van der Waals surface area contributed by atoms with Gasteiger partial charge in [-0.25, -0.2) is 4.39 Å². The van der Waals surface area contributed by atoms with Crippen molar-refractivity contribution in [2.24, 2.45) is 0 Å². The summed E-state index contributed by atoms with van der Waals surface area (Å²) in [5.74, 6) is 0. The highest BCUT2D eigenvalue weighted by atomic mass is 19.1. The first-order chi connectivity index (χ1) is 5.68. The van der Waals surface area contributed by atoms with Crippen molar-refractivity contribution in [1.29, 1.82) is 0 Å². The number of hydrogen-bond acceptors (Lipinski definition) is 2. The molecule has 2 aliphatic heterocycles. The van der Waals surface area contributed by atoms with Crippen LogP contribution < -0.4 is 0 Å². The second-order valence-electron chi connectivity index (χ2n) is 4.22. The molecule has 0 aliphatic carbocycles. The molecular formula is C9H16FNO. The van der Waals surface area contributed by atoms with E-state index in [-0.39, 0.29) is 12.1 Å². The minimum atomic E-state index is -0.722. The Kier molecular flexibility index (Phi) is 1.88. The van der Waals surface area contributed by atoms with Crippen LogP contribution >= 0.6 is 0 Å². The van der Waals surface area contributed by atoms with E-state index in [0.29, 0.717) is 19.0 Å². The number of aliphatic hydroxyl groups excluding tert-OH is 1. The second kappa shape index (κ2) is 2.67. The molecule has 2 saturated heterocycles. The van der Waals surface area contributed by atoms with Crippen LogP contribution in [0.4, 0.5) is 4.39 Å². The number of aliphatic hydroxyl groups is 1. The zero-order valence-electron chi connectivity index (χ0n) is 7.46. The Balaban J connectivity index is 2.19. The third-order valence-electron chi connectivity index (χ3n) is 3.46. The Morgan fingerprint density at radius 3 is 3.00 bits per heavy atom. The van der Waals surface area contributed by atoms with Gasteiger partial charge >= 0.3 is 0 Å². The van der Waals surface area contributed by atoms with Crippen molar-refractivity contribution in [2.45, 2.75) is 43.9 Å². The molecule has 1 unspecified atom stereocenters. The van der Waals surface area contributed by atoms with Gasteiger partial charge in [0.15, 0.2) is 0 Å². The van der Waals surface area contributed by atoms with E-state index in [0.717, 1.165) is 12.8 Å². The fraction of sp³-hybridized carbons (Fsp3) is 1.00. The lowest BCUT2D eigenvalue weighted by Crippen LogP contribution is -2.44. The monoisotopic (exact) mass is 173 g/mol. The van der Waals surface area contributed by atoms with Crippen LogP contribution in [0.15, 0.2) is 0 Å². The average Bonchev–Trinajstić information content (AvgIpc) is 2.51. The number of nitrogens with zero attached hydrogens (tertiary/aromatic N) is 1. The smallest absolute Gasteiger partial charge is 0.115 e. The van der Waals surface area contributed by atoms with Gasteiger partial charge in [-0.15, -0.1) is 0 Å². The first-order valence-electron chi connectivity index (χ1n) is 4.70. The fourth-order valence-electron chi connectivity index (χ4n) is 2.76. The summed E-state index contributed by atoms with van der Waals surface area (Å²) < 4.78 is 13.1. The van der Waals surface area contributed by atoms with Crippen LogP contribution in [0.5, 0.6) is 0 Å². The Hall–Kier alpha value is -0.150. The largest absolute Gasteiger partial charge is 0.394 e. The number of halogens is 1. The average molecular weight is 173 g/mol. The molecule has 0 aromatic rings. The highest BCUT2D eigenvalue weighted by Crippen LogP contribution is 2.42. The molecule has 2 heterocycles. The topological polar surface area (TPSA) is 23.5 Å². The summed E-state index contributed by atoms with van der Waals surface area (Å²) in [7, 11) is 0. The first kappa shape index (κ1) is 8.45. The molecule has 0 bridgehead atoms. The van der Waals surface area contributed by atoms with E-state index in [1.165, 1.54) is 0 Å². The molecule has 70 valence electrons. The van der Waals surface area contributed by atoms with Gasteiger partial charge in [-0.2, -0.15) is 0 Å². The van der Waals surface area contributed by atoms with Gasteiger partial charge in [0, 0.05) is 24.5 Å². The molecular weight excluding hydrogens is 157 g/mol. The van der Waals surface area contributed by atoms with E-state index in [1.807, 2.05) is 0 Å². The van der Waals surface area contributed by atoms with Crippen LogP contribution in [0.3, 0.4) is 0 Å². The molecule has 1 N–H and O–H groups in total. The zero-order valence-corrected chi connectivity index (χ0v) is 7.46. The second-order valence-corrected chi connectivity index (χ2v) is 4.22. The summed E-state index contributed by atoms with van der Waals surface area (Å²) in [6.07, 6.45) is 1.88. The molecule has 0 aromatic carbocycles. The summed E-state index contributed by atoms with van der Waals surface area (Å²) in [6, 6.07) is 0.456. The van der Waals surface area contributed by atoms with E-state index in [9.17, 15) is 9.50 Å². The molecule has 0 radical (unpaired) electrons. The molecule has 0 spiro atoms. The van der Waals surface area contributed by atoms with Gasteiger partial charge in [-0.05, 0) is 19.8 Å². The van der Waals surface area contributed by atoms with Gasteiger partial charge in [0.2, 0.25) is 0 Å². The van der Waals surface area contributed by atoms with Crippen LogP contribution in [0.2, 0.25) is 0 Å². The van der Waals surface area contributed by atoms with E-state index in [2.05, 4.69) is 11.8 Å². The number of fused-ring (bicyclic) bond motifs is 1.